The van der Waals surface area contributed by atoms with Gasteiger partial charge in [-0.05, 0) is 12.8 Å². The summed E-state index contributed by atoms with van der Waals surface area (Å²) in [6, 6.07) is 10.3. The minimum Gasteiger partial charge on any atom is -0.0776 e. The minimum absolute atomic E-state index is 0. The fourth-order valence-electron chi connectivity index (χ4n) is 1.84. The quantitative estimate of drug-likeness (QED) is 0.546. The Morgan fingerprint density at radius 2 is 1.47 bits per heavy atom. The first-order valence-electron chi connectivity index (χ1n) is 5.80. The van der Waals surface area contributed by atoms with Gasteiger partial charge >= 0.3 is 0 Å². The maximum Gasteiger partial charge on any atom is -0.0398 e. The van der Waals surface area contributed by atoms with Gasteiger partial charge in [0, 0.05) is 0 Å². The van der Waals surface area contributed by atoms with Crippen LogP contribution < -0.4 is 0 Å². The summed E-state index contributed by atoms with van der Waals surface area (Å²) in [5, 5.41) is 0. The van der Waals surface area contributed by atoms with Gasteiger partial charge < -0.3 is 0 Å². The van der Waals surface area contributed by atoms with Gasteiger partial charge in [-0.3, -0.25) is 0 Å². The molecule has 0 N–H and O–H groups in total. The second-order valence-corrected chi connectivity index (χ2v) is 4.40. The molecule has 15 heavy (non-hydrogen) atoms. The van der Waals surface area contributed by atoms with E-state index in [2.05, 4.69) is 26.0 Å². The summed E-state index contributed by atoms with van der Waals surface area (Å²) in [5.41, 5.74) is 1.32. The lowest BCUT2D eigenvalue weighted by atomic mass is 9.91. The average Bonchev–Trinajstić information content (AvgIpc) is 2.21. The Kier molecular flexibility index (Phi) is 8.08. The van der Waals surface area contributed by atoms with E-state index in [9.17, 15) is 0 Å². The summed E-state index contributed by atoms with van der Waals surface area (Å²) in [6.45, 7) is 4.44. The normalized spacial score (nSPS) is 15.9. The SMILES string of the molecule is C.CC1CCCCC1.Cc1ccccc1. The smallest absolute Gasteiger partial charge is 0.0398 e. The first-order valence-corrected chi connectivity index (χ1v) is 5.80. The number of hydrogen-bond acceptors (Lipinski definition) is 0. The number of hydrogen-bond donors (Lipinski definition) is 0. The fourth-order valence-corrected chi connectivity index (χ4v) is 1.84. The predicted molar refractivity (Wildman–Crippen MR) is 70.2 cm³/mol. The van der Waals surface area contributed by atoms with Gasteiger partial charge in [-0.1, -0.05) is 82.3 Å². The molecule has 0 aliphatic heterocycles. The Morgan fingerprint density at radius 1 is 0.933 bits per heavy atom. The molecule has 0 saturated heterocycles. The van der Waals surface area contributed by atoms with E-state index in [4.69, 9.17) is 0 Å². The lowest BCUT2D eigenvalue weighted by Crippen LogP contribution is -1.99. The van der Waals surface area contributed by atoms with Crippen molar-refractivity contribution in [1.82, 2.24) is 0 Å². The molecule has 1 aliphatic carbocycles. The lowest BCUT2D eigenvalue weighted by molar-refractivity contribution is 0.385. The maximum absolute atomic E-state index is 2.36. The zero-order valence-corrected chi connectivity index (χ0v) is 9.50. The van der Waals surface area contributed by atoms with Gasteiger partial charge in [0.15, 0.2) is 0 Å². The van der Waals surface area contributed by atoms with Crippen LogP contribution in [0.25, 0.3) is 0 Å². The molecule has 0 heterocycles. The van der Waals surface area contributed by atoms with Crippen LogP contribution in [0.1, 0.15) is 52.0 Å². The van der Waals surface area contributed by atoms with Crippen LogP contribution in [0.15, 0.2) is 30.3 Å². The summed E-state index contributed by atoms with van der Waals surface area (Å²) in [6.07, 6.45) is 7.44. The van der Waals surface area contributed by atoms with Crippen LogP contribution in [0.4, 0.5) is 0 Å². The van der Waals surface area contributed by atoms with E-state index in [0.29, 0.717) is 0 Å². The Balaban J connectivity index is 0.000000245. The lowest BCUT2D eigenvalue weighted by Gasteiger charge is -2.15. The van der Waals surface area contributed by atoms with Crippen molar-refractivity contribution in [3.05, 3.63) is 35.9 Å². The van der Waals surface area contributed by atoms with E-state index < -0.39 is 0 Å². The van der Waals surface area contributed by atoms with Crippen LogP contribution in [0, 0.1) is 12.8 Å². The van der Waals surface area contributed by atoms with E-state index in [1.54, 1.807) is 0 Å². The van der Waals surface area contributed by atoms with Gasteiger partial charge in [0.2, 0.25) is 0 Å². The highest BCUT2D eigenvalue weighted by Gasteiger charge is 2.05. The van der Waals surface area contributed by atoms with Crippen LogP contribution in [-0.2, 0) is 0 Å². The molecule has 1 aliphatic rings. The van der Waals surface area contributed by atoms with E-state index in [-0.39, 0.29) is 7.43 Å². The third-order valence-corrected chi connectivity index (χ3v) is 2.83. The van der Waals surface area contributed by atoms with Crippen LogP contribution in [-0.4, -0.2) is 0 Å². The minimum atomic E-state index is 0. The molecule has 0 bridgehead atoms. The molecule has 1 aromatic carbocycles. The Labute approximate surface area is 95.7 Å². The van der Waals surface area contributed by atoms with Gasteiger partial charge in [-0.2, -0.15) is 0 Å². The van der Waals surface area contributed by atoms with Gasteiger partial charge in [-0.15, -0.1) is 0 Å². The molecule has 0 radical (unpaired) electrons. The number of rotatable bonds is 0. The molecule has 0 unspecified atom stereocenters. The summed E-state index contributed by atoms with van der Waals surface area (Å²) >= 11 is 0. The van der Waals surface area contributed by atoms with Crippen molar-refractivity contribution >= 4 is 0 Å². The van der Waals surface area contributed by atoms with Crippen LogP contribution in [0.3, 0.4) is 0 Å². The van der Waals surface area contributed by atoms with Gasteiger partial charge in [0.05, 0.1) is 0 Å². The molecule has 1 saturated carbocycles. The molecular weight excluding hydrogens is 180 g/mol. The standard InChI is InChI=1S/C7H14.C7H8.CH4/c2*1-7-5-3-2-4-6-7;/h7H,2-6H2,1H3;2-6H,1H3;1H4. The van der Waals surface area contributed by atoms with Crippen molar-refractivity contribution in [2.24, 2.45) is 5.92 Å². The highest BCUT2D eigenvalue weighted by atomic mass is 14.1. The number of aryl methyl sites for hydroxylation is 1. The van der Waals surface area contributed by atoms with Crippen LogP contribution in [0.5, 0.6) is 0 Å². The topological polar surface area (TPSA) is 0 Å². The highest BCUT2D eigenvalue weighted by Crippen LogP contribution is 2.22. The van der Waals surface area contributed by atoms with Crippen molar-refractivity contribution in [2.45, 2.75) is 53.4 Å². The van der Waals surface area contributed by atoms with Gasteiger partial charge in [-0.25, -0.2) is 0 Å². The molecule has 0 spiro atoms. The molecule has 0 heteroatoms. The first-order chi connectivity index (χ1) is 6.79. The molecular formula is C15H26. The number of benzene rings is 1. The van der Waals surface area contributed by atoms with Crippen molar-refractivity contribution < 1.29 is 0 Å². The van der Waals surface area contributed by atoms with Crippen molar-refractivity contribution in [2.75, 3.05) is 0 Å². The second-order valence-electron chi connectivity index (χ2n) is 4.40. The van der Waals surface area contributed by atoms with Gasteiger partial charge in [0.25, 0.3) is 0 Å². The zero-order chi connectivity index (χ0) is 10.2. The first kappa shape index (κ1) is 14.2. The van der Waals surface area contributed by atoms with Crippen molar-refractivity contribution in [3.63, 3.8) is 0 Å². The molecule has 0 amide bonds. The van der Waals surface area contributed by atoms with Crippen molar-refractivity contribution in [1.29, 1.82) is 0 Å². The monoisotopic (exact) mass is 206 g/mol. The van der Waals surface area contributed by atoms with E-state index in [0.717, 1.165) is 5.92 Å². The van der Waals surface area contributed by atoms with E-state index in [1.165, 1.54) is 37.7 Å². The molecule has 0 atom stereocenters. The molecule has 86 valence electrons. The van der Waals surface area contributed by atoms with Crippen LogP contribution >= 0.6 is 0 Å². The van der Waals surface area contributed by atoms with Crippen molar-refractivity contribution in [3.8, 4) is 0 Å². The largest absolute Gasteiger partial charge is 0.0776 e. The summed E-state index contributed by atoms with van der Waals surface area (Å²) in [4.78, 5) is 0. The highest BCUT2D eigenvalue weighted by molar-refractivity contribution is 5.11. The summed E-state index contributed by atoms with van der Waals surface area (Å²) < 4.78 is 0. The molecule has 0 aromatic heterocycles. The molecule has 1 fully saturated rings. The third-order valence-electron chi connectivity index (χ3n) is 2.83. The van der Waals surface area contributed by atoms with Gasteiger partial charge in [0.1, 0.15) is 0 Å². The molecule has 1 aromatic rings. The zero-order valence-electron chi connectivity index (χ0n) is 9.50. The van der Waals surface area contributed by atoms with E-state index >= 15 is 0 Å². The Hall–Kier alpha value is -0.780. The second kappa shape index (κ2) is 8.52. The predicted octanol–water partition coefficient (Wildman–Crippen LogP) is 5.22. The summed E-state index contributed by atoms with van der Waals surface area (Å²) in [5.74, 6) is 1.04. The van der Waals surface area contributed by atoms with Crippen LogP contribution in [0.2, 0.25) is 0 Å². The Morgan fingerprint density at radius 3 is 1.73 bits per heavy atom. The maximum atomic E-state index is 2.36. The summed E-state index contributed by atoms with van der Waals surface area (Å²) in [7, 11) is 0. The Bertz CT molecular complexity index is 219. The average molecular weight is 206 g/mol. The van der Waals surface area contributed by atoms with E-state index in [1.807, 2.05) is 18.2 Å². The fraction of sp³-hybridized carbons (Fsp3) is 0.600. The molecule has 2 rings (SSSR count). The third kappa shape index (κ3) is 7.18. The molecule has 0 nitrogen and oxygen atoms in total.